The maximum absolute atomic E-state index is 4.83. The van der Waals surface area contributed by atoms with Gasteiger partial charge in [0.1, 0.15) is 0 Å². The van der Waals surface area contributed by atoms with Crippen LogP contribution in [0.2, 0.25) is 0 Å². The summed E-state index contributed by atoms with van der Waals surface area (Å²) >= 11 is 0. The summed E-state index contributed by atoms with van der Waals surface area (Å²) in [5.41, 5.74) is 2.37. The van der Waals surface area contributed by atoms with Gasteiger partial charge >= 0.3 is 0 Å². The Morgan fingerprint density at radius 3 is 2.72 bits per heavy atom. The van der Waals surface area contributed by atoms with E-state index in [0.717, 1.165) is 24.5 Å². The van der Waals surface area contributed by atoms with Gasteiger partial charge in [-0.05, 0) is 44.0 Å². The molecule has 3 rings (SSSR count). The van der Waals surface area contributed by atoms with Gasteiger partial charge in [-0.3, -0.25) is 4.98 Å². The van der Waals surface area contributed by atoms with Gasteiger partial charge in [0.25, 0.3) is 0 Å². The van der Waals surface area contributed by atoms with Crippen LogP contribution in [0.15, 0.2) is 36.4 Å². The van der Waals surface area contributed by atoms with Crippen molar-refractivity contribution >= 4 is 10.9 Å². The Morgan fingerprint density at radius 2 is 1.89 bits per heavy atom. The summed E-state index contributed by atoms with van der Waals surface area (Å²) in [6.45, 7) is 4.64. The number of piperidine rings is 1. The zero-order chi connectivity index (χ0) is 12.4. The number of aromatic nitrogens is 1. The summed E-state index contributed by atoms with van der Waals surface area (Å²) in [7, 11) is 0. The van der Waals surface area contributed by atoms with Crippen molar-refractivity contribution in [3.8, 4) is 0 Å². The number of hydrogen-bond acceptors (Lipinski definition) is 2. The van der Waals surface area contributed by atoms with E-state index in [-0.39, 0.29) is 0 Å². The van der Waals surface area contributed by atoms with Crippen molar-refractivity contribution in [3.05, 3.63) is 42.1 Å². The van der Waals surface area contributed by atoms with Crippen LogP contribution in [0.4, 0.5) is 0 Å². The second-order valence-electron chi connectivity index (χ2n) is 5.30. The van der Waals surface area contributed by atoms with E-state index in [1.54, 1.807) is 0 Å². The van der Waals surface area contributed by atoms with Gasteiger partial charge in [0.15, 0.2) is 0 Å². The first-order chi connectivity index (χ1) is 8.84. The van der Waals surface area contributed by atoms with E-state index < -0.39 is 0 Å². The van der Waals surface area contributed by atoms with Crippen LogP contribution < -0.4 is 5.32 Å². The summed E-state index contributed by atoms with van der Waals surface area (Å²) in [5, 5.41) is 4.67. The predicted octanol–water partition coefficient (Wildman–Crippen LogP) is 3.34. The van der Waals surface area contributed by atoms with Crippen molar-refractivity contribution in [2.24, 2.45) is 5.92 Å². The summed E-state index contributed by atoms with van der Waals surface area (Å²) in [6.07, 6.45) is 2.55. The quantitative estimate of drug-likeness (QED) is 0.871. The highest BCUT2D eigenvalue weighted by atomic mass is 14.9. The lowest BCUT2D eigenvalue weighted by Crippen LogP contribution is -2.30. The third-order valence-corrected chi connectivity index (χ3v) is 4.18. The Morgan fingerprint density at radius 1 is 1.11 bits per heavy atom. The van der Waals surface area contributed by atoms with Gasteiger partial charge in [0, 0.05) is 17.0 Å². The molecule has 94 valence electrons. The molecule has 0 amide bonds. The molecule has 0 bridgehead atoms. The Bertz CT molecular complexity index is 529. The van der Waals surface area contributed by atoms with E-state index in [2.05, 4.69) is 48.6 Å². The van der Waals surface area contributed by atoms with Crippen LogP contribution >= 0.6 is 0 Å². The lowest BCUT2D eigenvalue weighted by Gasteiger charge is -2.28. The van der Waals surface area contributed by atoms with E-state index in [4.69, 9.17) is 4.98 Å². The predicted molar refractivity (Wildman–Crippen MR) is 75.8 cm³/mol. The van der Waals surface area contributed by atoms with E-state index in [0.29, 0.717) is 5.92 Å². The molecule has 1 saturated heterocycles. The summed E-state index contributed by atoms with van der Waals surface area (Å²) in [4.78, 5) is 4.83. The number of para-hydroxylation sites is 1. The molecule has 1 atom stereocenters. The average Bonchev–Trinajstić information content (AvgIpc) is 2.47. The molecular formula is C16H20N2. The van der Waals surface area contributed by atoms with E-state index >= 15 is 0 Å². The van der Waals surface area contributed by atoms with Crippen LogP contribution in [0.1, 0.15) is 31.4 Å². The minimum Gasteiger partial charge on any atom is -0.317 e. The summed E-state index contributed by atoms with van der Waals surface area (Å²) < 4.78 is 0. The molecule has 1 aromatic heterocycles. The van der Waals surface area contributed by atoms with Crippen molar-refractivity contribution in [3.63, 3.8) is 0 Å². The van der Waals surface area contributed by atoms with E-state index in [9.17, 15) is 0 Å². The number of benzene rings is 1. The average molecular weight is 240 g/mol. The second-order valence-corrected chi connectivity index (χ2v) is 5.30. The first-order valence-corrected chi connectivity index (χ1v) is 6.91. The van der Waals surface area contributed by atoms with Crippen LogP contribution in [0, 0.1) is 5.92 Å². The van der Waals surface area contributed by atoms with E-state index in [1.165, 1.54) is 23.9 Å². The molecule has 0 radical (unpaired) electrons. The third-order valence-electron chi connectivity index (χ3n) is 4.18. The van der Waals surface area contributed by atoms with Crippen LogP contribution in [0.25, 0.3) is 10.9 Å². The van der Waals surface area contributed by atoms with Crippen molar-refractivity contribution < 1.29 is 0 Å². The van der Waals surface area contributed by atoms with Crippen LogP contribution in [0.5, 0.6) is 0 Å². The van der Waals surface area contributed by atoms with Gasteiger partial charge in [0.05, 0.1) is 5.52 Å². The van der Waals surface area contributed by atoms with Crippen LogP contribution in [-0.4, -0.2) is 18.1 Å². The lowest BCUT2D eigenvalue weighted by molar-refractivity contribution is 0.327. The summed E-state index contributed by atoms with van der Waals surface area (Å²) in [5.74, 6) is 1.34. The first-order valence-electron chi connectivity index (χ1n) is 6.91. The molecule has 2 aromatic rings. The molecule has 1 aromatic carbocycles. The zero-order valence-corrected chi connectivity index (χ0v) is 10.9. The van der Waals surface area contributed by atoms with Crippen molar-refractivity contribution in [1.29, 1.82) is 0 Å². The number of pyridine rings is 1. The molecule has 18 heavy (non-hydrogen) atoms. The largest absolute Gasteiger partial charge is 0.317 e. The summed E-state index contributed by atoms with van der Waals surface area (Å²) in [6, 6.07) is 12.8. The fourth-order valence-corrected chi connectivity index (χ4v) is 2.92. The number of rotatable bonds is 2. The first kappa shape index (κ1) is 11.7. The minimum atomic E-state index is 0.566. The van der Waals surface area contributed by atoms with Gasteiger partial charge in [0.2, 0.25) is 0 Å². The lowest BCUT2D eigenvalue weighted by atomic mass is 9.84. The van der Waals surface area contributed by atoms with Crippen molar-refractivity contribution in [2.75, 3.05) is 13.1 Å². The van der Waals surface area contributed by atoms with Gasteiger partial charge < -0.3 is 5.32 Å². The number of nitrogens with zero attached hydrogens (tertiary/aromatic N) is 1. The standard InChI is InChI=1S/C16H20N2/c1-12(13-8-10-17-11-9-13)15-7-6-14-4-2-3-5-16(14)18-15/h2-7,12-13,17H,8-11H2,1H3. The number of nitrogens with one attached hydrogen (secondary N) is 1. The molecule has 2 nitrogen and oxygen atoms in total. The maximum atomic E-state index is 4.83. The van der Waals surface area contributed by atoms with Crippen molar-refractivity contribution in [2.45, 2.75) is 25.7 Å². The smallest absolute Gasteiger partial charge is 0.0705 e. The van der Waals surface area contributed by atoms with Gasteiger partial charge in [-0.15, -0.1) is 0 Å². The second kappa shape index (κ2) is 5.07. The monoisotopic (exact) mass is 240 g/mol. The van der Waals surface area contributed by atoms with E-state index in [1.807, 2.05) is 0 Å². The molecular weight excluding hydrogens is 220 g/mol. The van der Waals surface area contributed by atoms with Gasteiger partial charge in [-0.1, -0.05) is 31.2 Å². The van der Waals surface area contributed by atoms with Crippen molar-refractivity contribution in [1.82, 2.24) is 10.3 Å². The Balaban J connectivity index is 1.88. The molecule has 0 saturated carbocycles. The van der Waals surface area contributed by atoms with Crippen LogP contribution in [-0.2, 0) is 0 Å². The molecule has 0 spiro atoms. The fraction of sp³-hybridized carbons (Fsp3) is 0.438. The molecule has 1 fully saturated rings. The highest BCUT2D eigenvalue weighted by Gasteiger charge is 2.22. The number of hydrogen-bond donors (Lipinski definition) is 1. The molecule has 2 heteroatoms. The highest BCUT2D eigenvalue weighted by Crippen LogP contribution is 2.30. The Kier molecular flexibility index (Phi) is 3.28. The number of fused-ring (bicyclic) bond motifs is 1. The van der Waals surface area contributed by atoms with Gasteiger partial charge in [-0.2, -0.15) is 0 Å². The Labute approximate surface area is 108 Å². The molecule has 1 N–H and O–H groups in total. The maximum Gasteiger partial charge on any atom is 0.0705 e. The molecule has 2 heterocycles. The van der Waals surface area contributed by atoms with Gasteiger partial charge in [-0.25, -0.2) is 0 Å². The van der Waals surface area contributed by atoms with Crippen LogP contribution in [0.3, 0.4) is 0 Å². The molecule has 1 aliphatic rings. The fourth-order valence-electron chi connectivity index (χ4n) is 2.92. The Hall–Kier alpha value is -1.41. The normalized spacial score (nSPS) is 18.9. The zero-order valence-electron chi connectivity index (χ0n) is 10.9. The molecule has 0 aliphatic carbocycles. The SMILES string of the molecule is CC(c1ccc2ccccc2n1)C1CCNCC1. The topological polar surface area (TPSA) is 24.9 Å². The molecule has 1 aliphatic heterocycles. The highest BCUT2D eigenvalue weighted by molar-refractivity contribution is 5.78. The third kappa shape index (κ3) is 2.25. The molecule has 1 unspecified atom stereocenters. The minimum absolute atomic E-state index is 0.566.